The Morgan fingerprint density at radius 1 is 0.329 bits per heavy atom. The monoisotopic (exact) mass is 895 g/mol. The summed E-state index contributed by atoms with van der Waals surface area (Å²) in [6.45, 7) is 2.14. The van der Waals surface area contributed by atoms with Gasteiger partial charge in [0.05, 0.1) is 28.2 Å². The molecule has 0 bridgehead atoms. The normalized spacial score (nSPS) is 12.8. The lowest BCUT2D eigenvalue weighted by Gasteiger charge is -2.49. The second-order valence-electron chi connectivity index (χ2n) is 18.1. The van der Waals surface area contributed by atoms with Crippen LogP contribution in [-0.2, 0) is 5.41 Å². The van der Waals surface area contributed by atoms with Crippen LogP contribution in [0.5, 0.6) is 11.5 Å². The topological polar surface area (TPSA) is 38.3 Å². The van der Waals surface area contributed by atoms with Gasteiger partial charge in [-0.3, -0.25) is 0 Å². The number of para-hydroxylation sites is 2. The van der Waals surface area contributed by atoms with Crippen LogP contribution in [0.1, 0.15) is 27.8 Å². The van der Waals surface area contributed by atoms with Crippen LogP contribution >= 0.6 is 0 Å². The van der Waals surface area contributed by atoms with Gasteiger partial charge in [-0.2, -0.15) is 0 Å². The summed E-state index contributed by atoms with van der Waals surface area (Å²) in [5.74, 6) is 2.39. The number of fused-ring (bicyclic) bond motifs is 8. The molecule has 4 heteroatoms. The van der Waals surface area contributed by atoms with Gasteiger partial charge in [-0.1, -0.05) is 200 Å². The van der Waals surface area contributed by atoms with Gasteiger partial charge in [-0.25, -0.2) is 9.97 Å². The lowest BCUT2D eigenvalue weighted by atomic mass is 9.60. The third-order valence-corrected chi connectivity index (χ3v) is 14.1. The minimum absolute atomic E-state index is 0.698. The lowest BCUT2D eigenvalue weighted by molar-refractivity contribution is 0.434. The van der Waals surface area contributed by atoms with E-state index >= 15 is 0 Å². The Balaban J connectivity index is 1.06. The fraction of sp³-hybridized carbons (Fsp3) is 0.0303. The van der Waals surface area contributed by atoms with Crippen molar-refractivity contribution in [3.63, 3.8) is 0 Å². The van der Waals surface area contributed by atoms with Crippen molar-refractivity contribution in [2.45, 2.75) is 12.3 Å². The quantitative estimate of drug-likeness (QED) is 0.160. The van der Waals surface area contributed by atoms with Crippen LogP contribution in [0.25, 0.3) is 67.3 Å². The van der Waals surface area contributed by atoms with Gasteiger partial charge in [0.15, 0.2) is 5.82 Å². The third kappa shape index (κ3) is 6.76. The Bertz CT molecular complexity index is 3700. The Kier molecular flexibility index (Phi) is 9.91. The van der Waals surface area contributed by atoms with E-state index in [2.05, 4.69) is 242 Å². The van der Waals surface area contributed by atoms with Crippen LogP contribution < -0.4 is 9.64 Å². The second kappa shape index (κ2) is 16.9. The van der Waals surface area contributed by atoms with Crippen molar-refractivity contribution in [3.05, 3.63) is 283 Å². The summed E-state index contributed by atoms with van der Waals surface area (Å²) < 4.78 is 6.86. The average Bonchev–Trinajstić information content (AvgIpc) is 3.44. The third-order valence-electron chi connectivity index (χ3n) is 14.1. The Morgan fingerprint density at radius 3 is 1.30 bits per heavy atom. The number of anilines is 3. The van der Waals surface area contributed by atoms with E-state index in [1.165, 1.54) is 22.3 Å². The van der Waals surface area contributed by atoms with Crippen molar-refractivity contribution in [2.24, 2.45) is 0 Å². The first-order valence-corrected chi connectivity index (χ1v) is 23.9. The molecule has 0 aliphatic carbocycles. The van der Waals surface area contributed by atoms with Gasteiger partial charge in [0.1, 0.15) is 11.5 Å². The van der Waals surface area contributed by atoms with Crippen LogP contribution in [-0.4, -0.2) is 9.97 Å². The van der Waals surface area contributed by atoms with E-state index in [1.54, 1.807) is 0 Å². The van der Waals surface area contributed by atoms with Crippen molar-refractivity contribution in [3.8, 4) is 78.8 Å². The molecule has 0 atom stereocenters. The molecule has 10 aromatic carbocycles. The van der Waals surface area contributed by atoms with Crippen LogP contribution in [0.3, 0.4) is 0 Å². The van der Waals surface area contributed by atoms with Gasteiger partial charge < -0.3 is 9.64 Å². The maximum Gasteiger partial charge on any atom is 0.160 e. The van der Waals surface area contributed by atoms with E-state index in [-0.39, 0.29) is 0 Å². The first-order valence-electron chi connectivity index (χ1n) is 23.9. The molecule has 2 aliphatic heterocycles. The maximum absolute atomic E-state index is 6.86. The predicted octanol–water partition coefficient (Wildman–Crippen LogP) is 17.1. The molecule has 1 spiro atoms. The standard InChI is InChI=1S/C66H45N3O/c1-44-63(48-23-10-4-11-24-48)67-65(49-25-12-5-13-26-49)68-64(44)53-28-18-27-50(41-53)52-36-40-60-58(43-52)66(55-29-14-16-31-61(55)70-62-32-17-15-30-56(62)66)57-42-51(46-21-8-3-9-22-46)35-39-59(57)69(60)54-37-33-47(34-38-54)45-19-6-2-7-20-45/h2-43H,1H3. The van der Waals surface area contributed by atoms with Crippen molar-refractivity contribution < 1.29 is 4.74 Å². The number of hydrogen-bond donors (Lipinski definition) is 0. The highest BCUT2D eigenvalue weighted by Crippen LogP contribution is 2.63. The molecule has 0 radical (unpaired) electrons. The highest BCUT2D eigenvalue weighted by Gasteiger charge is 2.51. The van der Waals surface area contributed by atoms with Gasteiger partial charge in [-0.15, -0.1) is 0 Å². The minimum Gasteiger partial charge on any atom is -0.457 e. The van der Waals surface area contributed by atoms with Crippen molar-refractivity contribution in [1.29, 1.82) is 0 Å². The summed E-state index contributed by atoms with van der Waals surface area (Å²) >= 11 is 0. The van der Waals surface area contributed by atoms with Gasteiger partial charge in [0, 0.05) is 39.1 Å². The summed E-state index contributed by atoms with van der Waals surface area (Å²) in [4.78, 5) is 13.0. The molecule has 0 amide bonds. The SMILES string of the molecule is Cc1c(-c2ccccc2)nc(-c2ccccc2)nc1-c1cccc(-c2ccc3c(c2)C2(c4ccccc4Oc4ccccc42)c2cc(-c4ccccc4)ccc2N3c2ccc(-c3ccccc3)cc2)c1. The van der Waals surface area contributed by atoms with Crippen molar-refractivity contribution in [1.82, 2.24) is 9.97 Å². The molecule has 4 nitrogen and oxygen atoms in total. The van der Waals surface area contributed by atoms with Crippen LogP contribution in [0.2, 0.25) is 0 Å². The molecule has 0 saturated carbocycles. The molecule has 11 aromatic rings. The first kappa shape index (κ1) is 41.1. The van der Waals surface area contributed by atoms with Crippen molar-refractivity contribution >= 4 is 17.1 Å². The number of rotatable bonds is 7. The number of ether oxygens (including phenoxy) is 1. The van der Waals surface area contributed by atoms with Gasteiger partial charge >= 0.3 is 0 Å². The van der Waals surface area contributed by atoms with Crippen LogP contribution in [0, 0.1) is 6.92 Å². The molecular weight excluding hydrogens is 851 g/mol. The zero-order valence-electron chi connectivity index (χ0n) is 38.5. The zero-order chi connectivity index (χ0) is 46.6. The highest BCUT2D eigenvalue weighted by atomic mass is 16.5. The van der Waals surface area contributed by atoms with E-state index < -0.39 is 5.41 Å². The van der Waals surface area contributed by atoms with E-state index in [0.717, 1.165) is 95.6 Å². The smallest absolute Gasteiger partial charge is 0.160 e. The fourth-order valence-electron chi connectivity index (χ4n) is 10.9. The second-order valence-corrected chi connectivity index (χ2v) is 18.1. The van der Waals surface area contributed by atoms with Crippen molar-refractivity contribution in [2.75, 3.05) is 4.90 Å². The molecule has 0 saturated heterocycles. The summed E-state index contributed by atoms with van der Waals surface area (Å²) in [7, 11) is 0. The highest BCUT2D eigenvalue weighted by molar-refractivity contribution is 5.94. The minimum atomic E-state index is -0.770. The van der Waals surface area contributed by atoms with E-state index in [9.17, 15) is 0 Å². The lowest BCUT2D eigenvalue weighted by Crippen LogP contribution is -2.39. The van der Waals surface area contributed by atoms with E-state index in [4.69, 9.17) is 14.7 Å². The Labute approximate surface area is 408 Å². The summed E-state index contributed by atoms with van der Waals surface area (Å²) in [6, 6.07) is 91.2. The van der Waals surface area contributed by atoms with E-state index in [0.29, 0.717) is 5.82 Å². The van der Waals surface area contributed by atoms with E-state index in [1.807, 2.05) is 24.3 Å². The molecule has 3 heterocycles. The number of nitrogens with zero attached hydrogens (tertiary/aromatic N) is 3. The summed E-state index contributed by atoms with van der Waals surface area (Å²) in [5, 5.41) is 0. The zero-order valence-corrected chi connectivity index (χ0v) is 38.5. The molecule has 70 heavy (non-hydrogen) atoms. The number of aromatic nitrogens is 2. The first-order chi connectivity index (χ1) is 34.6. The number of hydrogen-bond acceptors (Lipinski definition) is 4. The molecule has 2 aliphatic rings. The molecule has 0 fully saturated rings. The largest absolute Gasteiger partial charge is 0.457 e. The molecular formula is C66H45N3O. The maximum atomic E-state index is 6.86. The fourth-order valence-corrected chi connectivity index (χ4v) is 10.9. The molecule has 13 rings (SSSR count). The predicted molar refractivity (Wildman–Crippen MR) is 286 cm³/mol. The number of benzene rings is 10. The van der Waals surface area contributed by atoms with Gasteiger partial charge in [0.2, 0.25) is 0 Å². The van der Waals surface area contributed by atoms with Gasteiger partial charge in [0.25, 0.3) is 0 Å². The Hall–Kier alpha value is -9.12. The summed E-state index contributed by atoms with van der Waals surface area (Å²) in [6.07, 6.45) is 0. The van der Waals surface area contributed by atoms with Crippen LogP contribution in [0.15, 0.2) is 255 Å². The van der Waals surface area contributed by atoms with Crippen LogP contribution in [0.4, 0.5) is 17.1 Å². The molecule has 0 unspecified atom stereocenters. The Morgan fingerprint density at radius 2 is 0.729 bits per heavy atom. The molecule has 0 N–H and O–H groups in total. The molecule has 1 aromatic heterocycles. The summed E-state index contributed by atoms with van der Waals surface area (Å²) in [5.41, 5.74) is 19.9. The average molecular weight is 896 g/mol. The molecule has 330 valence electrons. The van der Waals surface area contributed by atoms with Gasteiger partial charge in [-0.05, 0) is 106 Å².